The summed E-state index contributed by atoms with van der Waals surface area (Å²) in [5, 5.41) is 9.69. The maximum atomic E-state index is 12.8. The van der Waals surface area contributed by atoms with Crippen molar-refractivity contribution in [3.63, 3.8) is 0 Å². The zero-order valence-corrected chi connectivity index (χ0v) is 15.2. The van der Waals surface area contributed by atoms with Crippen LogP contribution in [0.5, 0.6) is 11.5 Å². The fourth-order valence-corrected chi connectivity index (χ4v) is 3.68. The summed E-state index contributed by atoms with van der Waals surface area (Å²) in [7, 11) is 3.10. The molecule has 1 aromatic rings. The molecule has 0 saturated carbocycles. The van der Waals surface area contributed by atoms with E-state index in [0.29, 0.717) is 37.3 Å². The molecular formula is C19H27NO5. The number of methoxy groups -OCH3 is 2. The number of benzene rings is 1. The predicted molar refractivity (Wildman–Crippen MR) is 94.0 cm³/mol. The zero-order valence-electron chi connectivity index (χ0n) is 15.2. The van der Waals surface area contributed by atoms with E-state index in [9.17, 15) is 14.7 Å². The lowest BCUT2D eigenvalue weighted by molar-refractivity contribution is -0.155. The molecule has 0 aliphatic carbocycles. The number of hydrogen-bond donors (Lipinski definition) is 1. The van der Waals surface area contributed by atoms with Gasteiger partial charge in [0.25, 0.3) is 0 Å². The standard InChI is InChI=1S/C19H27NO5/c1-4-9-19(18(22)23)10-6-11-20(13-19)16(21)12-14-7-5-8-15(24-2)17(14)25-3/h5,7-8H,4,6,9-13H2,1-3H3,(H,22,23)/t19-/m0/s1. The third kappa shape index (κ3) is 4.06. The van der Waals surface area contributed by atoms with Crippen molar-refractivity contribution in [3.8, 4) is 11.5 Å². The smallest absolute Gasteiger partial charge is 0.311 e. The molecular weight excluding hydrogens is 322 g/mol. The van der Waals surface area contributed by atoms with Crippen molar-refractivity contribution in [2.75, 3.05) is 27.3 Å². The summed E-state index contributed by atoms with van der Waals surface area (Å²) < 4.78 is 10.7. The van der Waals surface area contributed by atoms with Gasteiger partial charge in [-0.15, -0.1) is 0 Å². The van der Waals surface area contributed by atoms with Gasteiger partial charge >= 0.3 is 5.97 Å². The van der Waals surface area contributed by atoms with Crippen molar-refractivity contribution in [2.24, 2.45) is 5.41 Å². The number of carboxylic acids is 1. The van der Waals surface area contributed by atoms with Gasteiger partial charge in [-0.05, 0) is 25.3 Å². The Kier molecular flexibility index (Phi) is 6.28. The van der Waals surface area contributed by atoms with E-state index in [1.807, 2.05) is 19.1 Å². The Balaban J connectivity index is 2.17. The second-order valence-electron chi connectivity index (χ2n) is 6.58. The molecule has 1 aliphatic rings. The van der Waals surface area contributed by atoms with Gasteiger partial charge in [0.1, 0.15) is 0 Å². The number of carbonyl (C=O) groups is 2. The zero-order chi connectivity index (χ0) is 18.4. The van der Waals surface area contributed by atoms with Gasteiger partial charge in [0, 0.05) is 18.7 Å². The fraction of sp³-hybridized carbons (Fsp3) is 0.579. The van der Waals surface area contributed by atoms with Crippen molar-refractivity contribution in [3.05, 3.63) is 23.8 Å². The topological polar surface area (TPSA) is 76.1 Å². The molecule has 6 heteroatoms. The molecule has 1 fully saturated rings. The number of hydrogen-bond acceptors (Lipinski definition) is 4. The Morgan fingerprint density at radius 1 is 1.28 bits per heavy atom. The summed E-state index contributed by atoms with van der Waals surface area (Å²) >= 11 is 0. The van der Waals surface area contributed by atoms with Crippen LogP contribution in [-0.4, -0.2) is 49.2 Å². The van der Waals surface area contributed by atoms with Crippen LogP contribution in [0.1, 0.15) is 38.2 Å². The first-order valence-electron chi connectivity index (χ1n) is 8.68. The number of nitrogens with zero attached hydrogens (tertiary/aromatic N) is 1. The quantitative estimate of drug-likeness (QED) is 0.819. The summed E-state index contributed by atoms with van der Waals surface area (Å²) in [5.41, 5.74) is -0.0740. The highest BCUT2D eigenvalue weighted by atomic mass is 16.5. The number of rotatable bonds is 7. The van der Waals surface area contributed by atoms with Crippen LogP contribution >= 0.6 is 0 Å². The summed E-state index contributed by atoms with van der Waals surface area (Å²) in [4.78, 5) is 26.3. The first kappa shape index (κ1) is 19.1. The third-order valence-electron chi connectivity index (χ3n) is 4.94. The number of carboxylic acid groups (broad SMARTS) is 1. The Morgan fingerprint density at radius 3 is 2.64 bits per heavy atom. The first-order valence-corrected chi connectivity index (χ1v) is 8.68. The third-order valence-corrected chi connectivity index (χ3v) is 4.94. The lowest BCUT2D eigenvalue weighted by Gasteiger charge is -2.40. The molecule has 138 valence electrons. The van der Waals surface area contributed by atoms with Crippen LogP contribution in [0.15, 0.2) is 18.2 Å². The minimum absolute atomic E-state index is 0.0759. The molecule has 1 amide bonds. The SMILES string of the molecule is CCC[C@]1(C(=O)O)CCCN(C(=O)Cc2cccc(OC)c2OC)C1. The molecule has 0 aromatic heterocycles. The minimum Gasteiger partial charge on any atom is -0.493 e. The summed E-state index contributed by atoms with van der Waals surface area (Å²) in [6.07, 6.45) is 2.89. The lowest BCUT2D eigenvalue weighted by Crippen LogP contribution is -2.50. The van der Waals surface area contributed by atoms with Crippen LogP contribution in [0.25, 0.3) is 0 Å². The summed E-state index contributed by atoms with van der Waals surface area (Å²) in [6, 6.07) is 5.43. The molecule has 1 heterocycles. The van der Waals surface area contributed by atoms with Gasteiger partial charge in [-0.2, -0.15) is 0 Å². The van der Waals surface area contributed by atoms with E-state index in [1.54, 1.807) is 25.2 Å². The molecule has 1 aromatic carbocycles. The molecule has 0 bridgehead atoms. The second-order valence-corrected chi connectivity index (χ2v) is 6.58. The lowest BCUT2D eigenvalue weighted by atomic mass is 9.76. The number of para-hydroxylation sites is 1. The van der Waals surface area contributed by atoms with Crippen molar-refractivity contribution in [2.45, 2.75) is 39.0 Å². The molecule has 1 saturated heterocycles. The van der Waals surface area contributed by atoms with Gasteiger partial charge < -0.3 is 19.5 Å². The van der Waals surface area contributed by atoms with Gasteiger partial charge in [0.15, 0.2) is 11.5 Å². The van der Waals surface area contributed by atoms with Gasteiger partial charge in [-0.1, -0.05) is 25.5 Å². The Hall–Kier alpha value is -2.24. The highest BCUT2D eigenvalue weighted by Crippen LogP contribution is 2.36. The van der Waals surface area contributed by atoms with E-state index in [1.165, 1.54) is 0 Å². The van der Waals surface area contributed by atoms with Gasteiger partial charge in [0.05, 0.1) is 26.1 Å². The maximum Gasteiger partial charge on any atom is 0.311 e. The maximum absolute atomic E-state index is 12.8. The molecule has 0 radical (unpaired) electrons. The number of likely N-dealkylation sites (tertiary alicyclic amines) is 1. The normalized spacial score (nSPS) is 20.2. The number of ether oxygens (including phenoxy) is 2. The number of aliphatic carboxylic acids is 1. The summed E-state index contributed by atoms with van der Waals surface area (Å²) in [5.74, 6) is 0.254. The van der Waals surface area contributed by atoms with Crippen molar-refractivity contribution in [1.29, 1.82) is 0 Å². The summed E-state index contributed by atoms with van der Waals surface area (Å²) in [6.45, 7) is 2.86. The van der Waals surface area contributed by atoms with E-state index in [-0.39, 0.29) is 18.9 Å². The highest BCUT2D eigenvalue weighted by molar-refractivity contribution is 5.82. The van der Waals surface area contributed by atoms with Crippen LogP contribution in [-0.2, 0) is 16.0 Å². The van der Waals surface area contributed by atoms with E-state index in [4.69, 9.17) is 9.47 Å². The van der Waals surface area contributed by atoms with Crippen LogP contribution in [0.2, 0.25) is 0 Å². The van der Waals surface area contributed by atoms with E-state index < -0.39 is 11.4 Å². The van der Waals surface area contributed by atoms with Gasteiger partial charge in [-0.25, -0.2) is 0 Å². The minimum atomic E-state index is -0.818. The first-order chi connectivity index (χ1) is 12.0. The largest absolute Gasteiger partial charge is 0.493 e. The van der Waals surface area contributed by atoms with Crippen LogP contribution < -0.4 is 9.47 Å². The Bertz CT molecular complexity index is 626. The van der Waals surface area contributed by atoms with Gasteiger partial charge in [-0.3, -0.25) is 9.59 Å². The number of amides is 1. The van der Waals surface area contributed by atoms with Crippen LogP contribution in [0.3, 0.4) is 0 Å². The van der Waals surface area contributed by atoms with Crippen LogP contribution in [0, 0.1) is 5.41 Å². The average Bonchev–Trinajstić information content (AvgIpc) is 2.61. The molecule has 1 N–H and O–H groups in total. The average molecular weight is 349 g/mol. The van der Waals surface area contributed by atoms with Crippen molar-refractivity contribution >= 4 is 11.9 Å². The van der Waals surface area contributed by atoms with Gasteiger partial charge in [0.2, 0.25) is 5.91 Å². The monoisotopic (exact) mass is 349 g/mol. The number of piperidine rings is 1. The van der Waals surface area contributed by atoms with Crippen molar-refractivity contribution < 1.29 is 24.2 Å². The van der Waals surface area contributed by atoms with E-state index in [0.717, 1.165) is 12.0 Å². The molecule has 0 unspecified atom stereocenters. The fourth-order valence-electron chi connectivity index (χ4n) is 3.68. The molecule has 2 rings (SSSR count). The number of carbonyl (C=O) groups excluding carboxylic acids is 1. The highest BCUT2D eigenvalue weighted by Gasteiger charge is 2.42. The van der Waals surface area contributed by atoms with Crippen LogP contribution in [0.4, 0.5) is 0 Å². The Morgan fingerprint density at radius 2 is 2.04 bits per heavy atom. The Labute approximate surface area is 148 Å². The molecule has 6 nitrogen and oxygen atoms in total. The molecule has 0 spiro atoms. The molecule has 1 aliphatic heterocycles. The molecule has 1 atom stereocenters. The second kappa shape index (κ2) is 8.23. The van der Waals surface area contributed by atoms with Crippen molar-refractivity contribution in [1.82, 2.24) is 4.90 Å². The predicted octanol–water partition coefficient (Wildman–Crippen LogP) is 2.74. The molecule has 25 heavy (non-hydrogen) atoms. The van der Waals surface area contributed by atoms with E-state index >= 15 is 0 Å². The van der Waals surface area contributed by atoms with E-state index in [2.05, 4.69) is 0 Å².